The van der Waals surface area contributed by atoms with Crippen molar-refractivity contribution in [1.29, 1.82) is 0 Å². The second kappa shape index (κ2) is 23.6. The molecule has 0 bridgehead atoms. The summed E-state index contributed by atoms with van der Waals surface area (Å²) in [6.07, 6.45) is 5.99. The molecule has 0 saturated carbocycles. The van der Waals surface area contributed by atoms with Gasteiger partial charge < -0.3 is 18.8 Å². The topological polar surface area (TPSA) is 15.8 Å². The van der Waals surface area contributed by atoms with Crippen LogP contribution < -0.4 is 20.2 Å². The van der Waals surface area contributed by atoms with Crippen molar-refractivity contribution in [1.82, 2.24) is 8.97 Å². The Balaban J connectivity index is 0.661. The standard InChI is InChI=1S/C102H76N4/c1-101(2,3)79-42-35-65(36-43-79)67-31-33-69-54-89-91-57-78(64-21-11-6-12-22-64)58-92-90-55-70-34-32-68(50-75(70)60-96(90)105(99(91)92)95(89)59-74(69)49-67)66-37-44-80(45-38-66)102(4,5)63-73-41-48-87-88-53-71-39-46-85(103(81-23-13-7-14-24-81)82-25-15-8-16-26-82)51-76(71)61-94(88)106-97-62-77-52-86(47-40-72(77)56-93(97)98(73)100(87)106)104(83-27-17-9-18-28-83)84-29-19-10-20-30-84/h6-62,88,94H,63H2,1-5H3. The van der Waals surface area contributed by atoms with Crippen molar-refractivity contribution in [2.24, 2.45) is 0 Å². The molecule has 2 aliphatic rings. The van der Waals surface area contributed by atoms with Crippen molar-refractivity contribution < 1.29 is 0 Å². The van der Waals surface area contributed by atoms with Crippen LogP contribution in [0.5, 0.6) is 0 Å². The zero-order valence-corrected chi connectivity index (χ0v) is 60.1. The number of para-hydroxylation sites is 4. The molecule has 1 aliphatic heterocycles. The van der Waals surface area contributed by atoms with E-state index in [1.165, 1.54) is 158 Å². The van der Waals surface area contributed by atoms with Gasteiger partial charge in [-0.1, -0.05) is 247 Å². The lowest BCUT2D eigenvalue weighted by Crippen LogP contribution is -2.32. The molecule has 106 heavy (non-hydrogen) atoms. The maximum absolute atomic E-state index is 2.72. The Labute approximate surface area is 616 Å². The zero-order valence-electron chi connectivity index (χ0n) is 60.1. The van der Waals surface area contributed by atoms with E-state index in [-0.39, 0.29) is 22.8 Å². The van der Waals surface area contributed by atoms with Gasteiger partial charge in [-0.3, -0.25) is 0 Å². The van der Waals surface area contributed by atoms with Crippen LogP contribution in [0.4, 0.5) is 34.1 Å². The normalized spacial score (nSPS) is 14.3. The SMILES string of the molecule is CC(C)(C)c1ccc(-c2ccc3cc4c5cc(-c6ccccc6)cc6c7cc8ccc(-c9ccc(C(C)(C)Cc%10ccc%11c%12c%10c%10cc%13ccc(N(c%14ccccc%14)c%14ccccc%14)cc%13cc%10n%12C%10C=c%12cc(N(c%13ccccc%13)c%13ccccc%13)ccc%12=CC%11%10)cc9)cc8cc7n(c4cc3c2)c56)cc1. The lowest BCUT2D eigenvalue weighted by molar-refractivity contribution is 0.524. The van der Waals surface area contributed by atoms with Crippen LogP contribution in [0.1, 0.15) is 68.8 Å². The highest BCUT2D eigenvalue weighted by atomic mass is 15.1. The van der Waals surface area contributed by atoms with E-state index in [9.17, 15) is 0 Å². The highest BCUT2D eigenvalue weighted by Gasteiger charge is 2.37. The van der Waals surface area contributed by atoms with Gasteiger partial charge in [0.05, 0.1) is 33.6 Å². The van der Waals surface area contributed by atoms with E-state index in [0.29, 0.717) is 0 Å². The number of nitrogens with zero attached hydrogens (tertiary/aromatic N) is 4. The average molecular weight is 1360 g/mol. The Bertz CT molecular complexity index is 6810. The van der Waals surface area contributed by atoms with E-state index >= 15 is 0 Å². The van der Waals surface area contributed by atoms with E-state index in [1.54, 1.807) is 0 Å². The summed E-state index contributed by atoms with van der Waals surface area (Å²) in [5.74, 6) is 0.172. The third kappa shape index (κ3) is 9.95. The van der Waals surface area contributed by atoms with Crippen molar-refractivity contribution in [3.63, 3.8) is 0 Å². The number of fused-ring (bicyclic) bond motifs is 16. The molecule has 0 N–H and O–H groups in total. The first-order chi connectivity index (χ1) is 51.9. The molecule has 0 saturated heterocycles. The predicted molar refractivity (Wildman–Crippen MR) is 451 cm³/mol. The van der Waals surface area contributed by atoms with Gasteiger partial charge in [0.25, 0.3) is 0 Å². The van der Waals surface area contributed by atoms with Crippen LogP contribution >= 0.6 is 0 Å². The van der Waals surface area contributed by atoms with Gasteiger partial charge in [-0.15, -0.1) is 0 Å². The molecule has 0 radical (unpaired) electrons. The fraction of sp³-hybridized carbons (Fsp3) is 0.0980. The van der Waals surface area contributed by atoms with Crippen LogP contribution in [0.3, 0.4) is 0 Å². The Hall–Kier alpha value is -12.8. The third-order valence-corrected chi connectivity index (χ3v) is 23.5. The molecule has 0 fully saturated rings. The van der Waals surface area contributed by atoms with E-state index < -0.39 is 0 Å². The van der Waals surface area contributed by atoms with Crippen molar-refractivity contribution in [3.8, 4) is 33.4 Å². The van der Waals surface area contributed by atoms with E-state index in [1.807, 2.05) is 0 Å². The Morgan fingerprint density at radius 1 is 0.302 bits per heavy atom. The van der Waals surface area contributed by atoms with E-state index in [0.717, 1.165) is 40.5 Å². The van der Waals surface area contributed by atoms with Crippen LogP contribution in [0.25, 0.3) is 138 Å². The first-order valence-electron chi connectivity index (χ1n) is 37.5. The van der Waals surface area contributed by atoms with Gasteiger partial charge in [0.15, 0.2) is 0 Å². The minimum Gasteiger partial charge on any atom is -0.332 e. The quantitative estimate of drug-likeness (QED) is 0.121. The highest BCUT2D eigenvalue weighted by molar-refractivity contribution is 6.27. The maximum atomic E-state index is 2.72. The molecule has 4 nitrogen and oxygen atoms in total. The van der Waals surface area contributed by atoms with Gasteiger partial charge in [-0.05, 0) is 249 Å². The predicted octanol–water partition coefficient (Wildman–Crippen LogP) is 26.1. The summed E-state index contributed by atoms with van der Waals surface area (Å²) in [6, 6.07) is 125. The van der Waals surface area contributed by atoms with Gasteiger partial charge in [-0.25, -0.2) is 0 Å². The first kappa shape index (κ1) is 61.9. The van der Waals surface area contributed by atoms with Crippen LogP contribution in [0.15, 0.2) is 334 Å². The van der Waals surface area contributed by atoms with Crippen molar-refractivity contribution in [3.05, 3.63) is 366 Å². The molecule has 0 spiro atoms. The fourth-order valence-electron chi connectivity index (χ4n) is 18.2. The molecular weight excluding hydrogens is 1280 g/mol. The summed E-state index contributed by atoms with van der Waals surface area (Å²) < 4.78 is 5.29. The number of anilines is 6. The third-order valence-electron chi connectivity index (χ3n) is 23.5. The number of hydrogen-bond donors (Lipinski definition) is 0. The number of aromatic nitrogens is 2. The number of benzene rings is 16. The Kier molecular flexibility index (Phi) is 13.8. The van der Waals surface area contributed by atoms with Crippen molar-refractivity contribution >= 4 is 138 Å². The molecule has 2 atom stereocenters. The summed E-state index contributed by atoms with van der Waals surface area (Å²) in [4.78, 5) is 4.76. The fourth-order valence-corrected chi connectivity index (χ4v) is 18.2. The molecule has 2 unspecified atom stereocenters. The largest absolute Gasteiger partial charge is 0.332 e. The highest BCUT2D eigenvalue weighted by Crippen LogP contribution is 2.53. The second-order valence-electron chi connectivity index (χ2n) is 31.4. The summed E-state index contributed by atoms with van der Waals surface area (Å²) in [5.41, 5.74) is 25.8. The molecule has 0 amide bonds. The van der Waals surface area contributed by atoms with Gasteiger partial charge in [0.1, 0.15) is 0 Å². The van der Waals surface area contributed by atoms with Gasteiger partial charge in [0.2, 0.25) is 0 Å². The average Bonchev–Trinajstić information content (AvgIpc) is 1.54. The molecule has 3 aromatic heterocycles. The minimum absolute atomic E-state index is 0.0734. The van der Waals surface area contributed by atoms with Crippen molar-refractivity contribution in [2.75, 3.05) is 9.80 Å². The smallest absolute Gasteiger partial charge is 0.0636 e. The zero-order chi connectivity index (χ0) is 70.7. The summed E-state index contributed by atoms with van der Waals surface area (Å²) in [6.45, 7) is 11.7. The molecule has 4 heteroatoms. The monoisotopic (exact) mass is 1360 g/mol. The lowest BCUT2D eigenvalue weighted by Gasteiger charge is -2.27. The Morgan fingerprint density at radius 2 is 0.755 bits per heavy atom. The summed E-state index contributed by atoms with van der Waals surface area (Å²) in [5, 5.41) is 17.7. The van der Waals surface area contributed by atoms with E-state index in [2.05, 4.69) is 399 Å². The Morgan fingerprint density at radius 3 is 1.29 bits per heavy atom. The molecule has 16 aromatic carbocycles. The van der Waals surface area contributed by atoms with Crippen LogP contribution in [0.2, 0.25) is 0 Å². The molecule has 504 valence electrons. The van der Waals surface area contributed by atoms with E-state index in [4.69, 9.17) is 0 Å². The first-order valence-corrected chi connectivity index (χ1v) is 37.5. The van der Waals surface area contributed by atoms with Gasteiger partial charge in [0, 0.05) is 72.4 Å². The van der Waals surface area contributed by atoms with Crippen LogP contribution in [0, 0.1) is 0 Å². The molecule has 1 aliphatic carbocycles. The second-order valence-corrected chi connectivity index (χ2v) is 31.4. The van der Waals surface area contributed by atoms with Gasteiger partial charge in [-0.2, -0.15) is 0 Å². The van der Waals surface area contributed by atoms with Gasteiger partial charge >= 0.3 is 0 Å². The minimum atomic E-state index is -0.213. The maximum Gasteiger partial charge on any atom is 0.0636 e. The van der Waals surface area contributed by atoms with Crippen LogP contribution in [-0.4, -0.2) is 8.97 Å². The molecule has 19 aromatic rings. The summed E-state index contributed by atoms with van der Waals surface area (Å²) in [7, 11) is 0. The molecule has 4 heterocycles. The summed E-state index contributed by atoms with van der Waals surface area (Å²) >= 11 is 0. The molecule has 21 rings (SSSR count). The lowest BCUT2D eigenvalue weighted by atomic mass is 9.77. The van der Waals surface area contributed by atoms with Crippen molar-refractivity contribution in [2.45, 2.75) is 63.8 Å². The van der Waals surface area contributed by atoms with Crippen LogP contribution in [-0.2, 0) is 17.3 Å². The molecular formula is C102H76N4. The number of rotatable bonds is 12. The number of hydrogen-bond acceptors (Lipinski definition) is 2.